The van der Waals surface area contributed by atoms with Crippen molar-refractivity contribution in [1.82, 2.24) is 19.8 Å². The second kappa shape index (κ2) is 10.1. The van der Waals surface area contributed by atoms with Gasteiger partial charge in [0.1, 0.15) is 5.75 Å². The molecule has 0 spiro atoms. The molecule has 0 bridgehead atoms. The molecule has 186 valence electrons. The average Bonchev–Trinajstić information content (AvgIpc) is 3.26. The van der Waals surface area contributed by atoms with E-state index in [-0.39, 0.29) is 18.7 Å². The van der Waals surface area contributed by atoms with Crippen molar-refractivity contribution in [2.24, 2.45) is 0 Å². The topological polar surface area (TPSA) is 79.6 Å². The van der Waals surface area contributed by atoms with E-state index in [1.54, 1.807) is 35.2 Å². The molecule has 2 atom stereocenters. The maximum atomic E-state index is 13.4. The highest BCUT2D eigenvalue weighted by Gasteiger charge is 2.35. The molecule has 7 nitrogen and oxygen atoms in total. The number of rotatable bonds is 6. The van der Waals surface area contributed by atoms with E-state index in [4.69, 9.17) is 4.74 Å². The number of methoxy groups -OCH3 is 1. The summed E-state index contributed by atoms with van der Waals surface area (Å²) < 4.78 is 47.4. The Kier molecular flexibility index (Phi) is 7.13. The second-order valence-electron chi connectivity index (χ2n) is 8.63. The molecule has 2 unspecified atom stereocenters. The first-order valence-corrected chi connectivity index (χ1v) is 11.2. The van der Waals surface area contributed by atoms with Gasteiger partial charge in [0.15, 0.2) is 0 Å². The molecule has 0 radical (unpaired) electrons. The van der Waals surface area contributed by atoms with Crippen molar-refractivity contribution in [1.29, 1.82) is 0 Å². The van der Waals surface area contributed by atoms with Crippen LogP contribution in [0.2, 0.25) is 0 Å². The van der Waals surface area contributed by atoms with Crippen molar-refractivity contribution >= 4 is 5.91 Å². The Morgan fingerprint density at radius 1 is 1.26 bits per heavy atom. The van der Waals surface area contributed by atoms with Crippen LogP contribution in [-0.4, -0.2) is 57.8 Å². The Morgan fingerprint density at radius 3 is 2.71 bits per heavy atom. The highest BCUT2D eigenvalue weighted by Crippen LogP contribution is 2.33. The number of hydrogen-bond donors (Lipinski definition) is 2. The van der Waals surface area contributed by atoms with Gasteiger partial charge in [-0.1, -0.05) is 18.2 Å². The number of ether oxygens (including phenoxy) is 1. The van der Waals surface area contributed by atoms with E-state index in [1.807, 2.05) is 18.0 Å². The predicted molar refractivity (Wildman–Crippen MR) is 123 cm³/mol. The molecule has 2 N–H and O–H groups in total. The summed E-state index contributed by atoms with van der Waals surface area (Å²) in [7, 11) is 1.51. The monoisotopic (exact) mass is 488 g/mol. The quantitative estimate of drug-likeness (QED) is 0.555. The number of benzene rings is 2. The number of aromatic nitrogens is 2. The summed E-state index contributed by atoms with van der Waals surface area (Å²) in [4.78, 5) is 19.0. The van der Waals surface area contributed by atoms with E-state index >= 15 is 0 Å². The molecule has 1 aliphatic rings. The minimum Gasteiger partial charge on any atom is -0.495 e. The number of carbonyl (C=O) groups excluding carboxylic acids is 1. The number of imidazole rings is 1. The zero-order chi connectivity index (χ0) is 25.2. The molecule has 2 aromatic carbocycles. The number of likely N-dealkylation sites (tertiary alicyclic amines) is 1. The molecule has 0 saturated carbocycles. The van der Waals surface area contributed by atoms with Gasteiger partial charge < -0.3 is 19.7 Å². The van der Waals surface area contributed by atoms with Crippen LogP contribution in [0.15, 0.2) is 55.0 Å². The Hall–Kier alpha value is -3.37. The van der Waals surface area contributed by atoms with Gasteiger partial charge in [0.2, 0.25) is 0 Å². The number of alkyl halides is 3. The summed E-state index contributed by atoms with van der Waals surface area (Å²) in [5.41, 5.74) is 1.39. The van der Waals surface area contributed by atoms with Gasteiger partial charge in [-0.2, -0.15) is 13.2 Å². The number of aliphatic hydroxyl groups excluding tert-OH is 1. The lowest BCUT2D eigenvalue weighted by Gasteiger charge is -2.37. The van der Waals surface area contributed by atoms with Gasteiger partial charge in [0.05, 0.1) is 42.5 Å². The Labute approximate surface area is 201 Å². The zero-order valence-electron chi connectivity index (χ0n) is 19.4. The lowest BCUT2D eigenvalue weighted by molar-refractivity contribution is -0.138. The molecular formula is C25H27F3N4O3. The molecule has 3 aromatic rings. The molecule has 35 heavy (non-hydrogen) atoms. The van der Waals surface area contributed by atoms with Crippen molar-refractivity contribution in [3.63, 3.8) is 0 Å². The Bertz CT molecular complexity index is 1190. The lowest BCUT2D eigenvalue weighted by Crippen LogP contribution is -2.54. The number of nitrogens with zero attached hydrogens (tertiary/aromatic N) is 3. The predicted octanol–water partition coefficient (Wildman–Crippen LogP) is 3.57. The third-order valence-electron chi connectivity index (χ3n) is 6.13. The van der Waals surface area contributed by atoms with Gasteiger partial charge in [-0.05, 0) is 43.2 Å². The normalized spacial score (nSPS) is 18.9. The van der Waals surface area contributed by atoms with Crippen molar-refractivity contribution in [3.05, 3.63) is 77.4 Å². The number of nitrogens with one attached hydrogen (secondary N) is 1. The van der Waals surface area contributed by atoms with E-state index in [2.05, 4.69) is 10.3 Å². The number of halogens is 3. The Balaban J connectivity index is 1.46. The standard InChI is InChI=1S/C25H27F3N4O3/c1-16-12-32(15-29-16)21-8-7-17(11-23(21)35-2)24(34)30-20-14-31(10-9-22(20)33)13-18-5-3-4-6-19(18)25(26,27)28/h3-8,11-12,15,20,22,33H,9-10,13-14H2,1-2H3,(H,30,34). The van der Waals surface area contributed by atoms with Crippen LogP contribution < -0.4 is 10.1 Å². The van der Waals surface area contributed by atoms with Crippen LogP contribution in [0, 0.1) is 6.92 Å². The van der Waals surface area contributed by atoms with Gasteiger partial charge in [-0.25, -0.2) is 4.98 Å². The molecule has 10 heteroatoms. The van der Waals surface area contributed by atoms with Crippen molar-refractivity contribution in [2.45, 2.75) is 38.2 Å². The maximum absolute atomic E-state index is 13.4. The average molecular weight is 489 g/mol. The number of hydrogen-bond acceptors (Lipinski definition) is 5. The number of piperidine rings is 1. The molecule has 0 aliphatic carbocycles. The fraction of sp³-hybridized carbons (Fsp3) is 0.360. The van der Waals surface area contributed by atoms with Crippen LogP contribution >= 0.6 is 0 Å². The molecule has 1 fully saturated rings. The zero-order valence-corrected chi connectivity index (χ0v) is 19.4. The number of aliphatic hydroxyl groups is 1. The third kappa shape index (κ3) is 5.66. The molecule has 1 aromatic heterocycles. The molecular weight excluding hydrogens is 461 g/mol. The highest BCUT2D eigenvalue weighted by atomic mass is 19.4. The van der Waals surface area contributed by atoms with E-state index in [0.29, 0.717) is 24.3 Å². The van der Waals surface area contributed by atoms with Crippen molar-refractivity contribution in [3.8, 4) is 11.4 Å². The van der Waals surface area contributed by atoms with Gasteiger partial charge in [-0.15, -0.1) is 0 Å². The molecule has 1 saturated heterocycles. The van der Waals surface area contributed by atoms with Crippen molar-refractivity contribution in [2.75, 3.05) is 20.2 Å². The molecule has 2 heterocycles. The van der Waals surface area contributed by atoms with Crippen LogP contribution in [0.1, 0.15) is 33.6 Å². The summed E-state index contributed by atoms with van der Waals surface area (Å²) in [6.45, 7) is 2.59. The van der Waals surface area contributed by atoms with Gasteiger partial charge in [0, 0.05) is 31.4 Å². The fourth-order valence-electron chi connectivity index (χ4n) is 4.31. The molecule has 1 amide bonds. The van der Waals surface area contributed by atoms with E-state index in [9.17, 15) is 23.1 Å². The summed E-state index contributed by atoms with van der Waals surface area (Å²) in [5, 5.41) is 13.3. The van der Waals surface area contributed by atoms with Gasteiger partial charge in [0.25, 0.3) is 5.91 Å². The highest BCUT2D eigenvalue weighted by molar-refractivity contribution is 5.95. The summed E-state index contributed by atoms with van der Waals surface area (Å²) in [6, 6.07) is 9.82. The van der Waals surface area contributed by atoms with Crippen LogP contribution in [0.4, 0.5) is 13.2 Å². The van der Waals surface area contributed by atoms with E-state index < -0.39 is 29.8 Å². The number of carbonyl (C=O) groups is 1. The molecule has 1 aliphatic heterocycles. The minimum absolute atomic E-state index is 0.0710. The van der Waals surface area contributed by atoms with E-state index in [0.717, 1.165) is 17.4 Å². The first-order valence-electron chi connectivity index (χ1n) is 11.2. The second-order valence-corrected chi connectivity index (χ2v) is 8.63. The van der Waals surface area contributed by atoms with Crippen LogP contribution in [0.3, 0.4) is 0 Å². The first kappa shape index (κ1) is 24.7. The van der Waals surface area contributed by atoms with Gasteiger partial charge >= 0.3 is 6.18 Å². The SMILES string of the molecule is COc1cc(C(=O)NC2CN(Cc3ccccc3C(F)(F)F)CCC2O)ccc1-n1cnc(C)c1. The first-order chi connectivity index (χ1) is 16.7. The van der Waals surface area contributed by atoms with Crippen LogP contribution in [-0.2, 0) is 12.7 Å². The number of aryl methyl sites for hydroxylation is 1. The smallest absolute Gasteiger partial charge is 0.416 e. The summed E-state index contributed by atoms with van der Waals surface area (Å²) in [6.07, 6.45) is -1.43. The van der Waals surface area contributed by atoms with E-state index in [1.165, 1.54) is 19.2 Å². The third-order valence-corrected chi connectivity index (χ3v) is 6.13. The minimum atomic E-state index is -4.44. The number of amides is 1. The fourth-order valence-corrected chi connectivity index (χ4v) is 4.31. The summed E-state index contributed by atoms with van der Waals surface area (Å²) in [5.74, 6) is 0.0721. The van der Waals surface area contributed by atoms with Crippen LogP contribution in [0.5, 0.6) is 5.75 Å². The summed E-state index contributed by atoms with van der Waals surface area (Å²) >= 11 is 0. The van der Waals surface area contributed by atoms with Crippen LogP contribution in [0.25, 0.3) is 5.69 Å². The van der Waals surface area contributed by atoms with Crippen molar-refractivity contribution < 1.29 is 27.8 Å². The Morgan fingerprint density at radius 2 is 2.03 bits per heavy atom. The lowest BCUT2D eigenvalue weighted by atomic mass is 9.99. The maximum Gasteiger partial charge on any atom is 0.416 e. The largest absolute Gasteiger partial charge is 0.495 e. The van der Waals surface area contributed by atoms with Gasteiger partial charge in [-0.3, -0.25) is 9.69 Å². The molecule has 4 rings (SSSR count).